The Morgan fingerprint density at radius 2 is 1.85 bits per heavy atom. The highest BCUT2D eigenvalue weighted by Crippen LogP contribution is 2.22. The van der Waals surface area contributed by atoms with Gasteiger partial charge in [-0.2, -0.15) is 0 Å². The van der Waals surface area contributed by atoms with E-state index in [1.54, 1.807) is 12.1 Å². The lowest BCUT2D eigenvalue weighted by Crippen LogP contribution is -2.23. The Morgan fingerprint density at radius 1 is 1.20 bits per heavy atom. The van der Waals surface area contributed by atoms with Gasteiger partial charge in [-0.05, 0) is 23.8 Å². The Balaban J connectivity index is 2.14. The molecule has 0 bridgehead atoms. The zero-order valence-corrected chi connectivity index (χ0v) is 12.4. The van der Waals surface area contributed by atoms with Crippen LogP contribution in [0.4, 0.5) is 0 Å². The molecule has 0 radical (unpaired) electrons. The number of rotatable bonds is 4. The molecule has 0 fully saturated rings. The quantitative estimate of drug-likeness (QED) is 0.843. The fourth-order valence-electron chi connectivity index (χ4n) is 1.43. The fourth-order valence-corrected chi connectivity index (χ4v) is 2.75. The molecule has 20 heavy (non-hydrogen) atoms. The van der Waals surface area contributed by atoms with Gasteiger partial charge in [0, 0.05) is 12.7 Å². The molecule has 0 unspecified atom stereocenters. The lowest BCUT2D eigenvalue weighted by molar-refractivity contribution is 0.475. The first-order chi connectivity index (χ1) is 9.38. The number of benzene rings is 1. The highest BCUT2D eigenvalue weighted by molar-refractivity contribution is 7.89. The summed E-state index contributed by atoms with van der Waals surface area (Å²) < 4.78 is 26.5. The molecule has 5 nitrogen and oxygen atoms in total. The number of phenols is 1. The van der Waals surface area contributed by atoms with Gasteiger partial charge in [-0.25, -0.2) is 18.1 Å². The van der Waals surface area contributed by atoms with Crippen LogP contribution in [-0.4, -0.2) is 18.5 Å². The molecule has 0 saturated carbocycles. The van der Waals surface area contributed by atoms with E-state index in [-0.39, 0.29) is 27.4 Å². The molecule has 1 aromatic carbocycles. The van der Waals surface area contributed by atoms with Crippen molar-refractivity contribution in [1.82, 2.24) is 9.71 Å². The normalized spacial score (nSPS) is 11.5. The molecule has 1 heterocycles. The van der Waals surface area contributed by atoms with E-state index in [0.29, 0.717) is 5.56 Å². The van der Waals surface area contributed by atoms with E-state index >= 15 is 0 Å². The zero-order chi connectivity index (χ0) is 14.8. The number of nitrogens with zero attached hydrogens (tertiary/aromatic N) is 1. The van der Waals surface area contributed by atoms with Crippen LogP contribution >= 0.6 is 23.2 Å². The number of aromatic hydroxyl groups is 1. The summed E-state index contributed by atoms with van der Waals surface area (Å²) in [5.41, 5.74) is 0.708. The average molecular weight is 333 g/mol. The molecule has 2 rings (SSSR count). The van der Waals surface area contributed by atoms with Crippen LogP contribution in [0.15, 0.2) is 41.4 Å². The third-order valence-corrected chi connectivity index (χ3v) is 4.54. The minimum atomic E-state index is -3.73. The third kappa shape index (κ3) is 3.61. The Kier molecular flexibility index (Phi) is 4.49. The second-order valence-corrected chi connectivity index (χ2v) is 6.47. The molecule has 8 heteroatoms. The Bertz CT molecular complexity index is 718. The van der Waals surface area contributed by atoms with Crippen molar-refractivity contribution in [3.63, 3.8) is 0 Å². The first-order valence-electron chi connectivity index (χ1n) is 5.47. The molecule has 106 valence electrons. The monoisotopic (exact) mass is 332 g/mol. The molecular weight excluding hydrogens is 323 g/mol. The predicted octanol–water partition coefficient (Wildman–Crippen LogP) is 2.57. The fraction of sp³-hybridized carbons (Fsp3) is 0.0833. The Labute approximate surface area is 126 Å². The van der Waals surface area contributed by atoms with Crippen molar-refractivity contribution < 1.29 is 13.5 Å². The molecule has 2 N–H and O–H groups in total. The minimum absolute atomic E-state index is 0.0455. The van der Waals surface area contributed by atoms with Crippen LogP contribution in [0, 0.1) is 0 Å². The summed E-state index contributed by atoms with van der Waals surface area (Å²) in [5, 5.41) is 9.26. The van der Waals surface area contributed by atoms with Gasteiger partial charge in [0.05, 0.1) is 5.02 Å². The summed E-state index contributed by atoms with van der Waals surface area (Å²) in [6, 6.07) is 7.42. The maximum absolute atomic E-state index is 12.0. The third-order valence-electron chi connectivity index (χ3n) is 2.48. The molecule has 0 spiro atoms. The zero-order valence-electron chi connectivity index (χ0n) is 10.0. The van der Waals surface area contributed by atoms with Crippen LogP contribution < -0.4 is 4.72 Å². The number of hydrogen-bond donors (Lipinski definition) is 2. The SMILES string of the molecule is O=S(=O)(NCc1ccc(O)cc1)c1cnc(Cl)c(Cl)c1. The number of halogens is 2. The van der Waals surface area contributed by atoms with E-state index in [4.69, 9.17) is 28.3 Å². The van der Waals surface area contributed by atoms with Crippen molar-refractivity contribution >= 4 is 33.2 Å². The molecule has 0 saturated heterocycles. The standard InChI is InChI=1S/C12H10Cl2N2O3S/c13-11-5-10(7-15-12(11)14)20(18,19)16-6-8-1-3-9(17)4-2-8/h1-5,7,16-17H,6H2. The highest BCUT2D eigenvalue weighted by Gasteiger charge is 2.16. The van der Waals surface area contributed by atoms with Crippen LogP contribution in [-0.2, 0) is 16.6 Å². The van der Waals surface area contributed by atoms with Crippen molar-refractivity contribution in [2.75, 3.05) is 0 Å². The predicted molar refractivity (Wildman–Crippen MR) is 76.4 cm³/mol. The van der Waals surface area contributed by atoms with Gasteiger partial charge in [0.15, 0.2) is 0 Å². The number of pyridine rings is 1. The van der Waals surface area contributed by atoms with Crippen LogP contribution in [0.25, 0.3) is 0 Å². The number of phenolic OH excluding ortho intramolecular Hbond substituents is 1. The van der Waals surface area contributed by atoms with Gasteiger partial charge in [0.2, 0.25) is 10.0 Å². The van der Waals surface area contributed by atoms with Crippen molar-refractivity contribution in [3.05, 3.63) is 52.3 Å². The van der Waals surface area contributed by atoms with Gasteiger partial charge in [-0.1, -0.05) is 35.3 Å². The highest BCUT2D eigenvalue weighted by atomic mass is 35.5. The first-order valence-corrected chi connectivity index (χ1v) is 7.71. The molecule has 0 amide bonds. The Hall–Kier alpha value is -1.34. The van der Waals surface area contributed by atoms with E-state index < -0.39 is 10.0 Å². The number of hydrogen-bond acceptors (Lipinski definition) is 4. The van der Waals surface area contributed by atoms with Crippen LogP contribution in [0.3, 0.4) is 0 Å². The molecule has 0 atom stereocenters. The van der Waals surface area contributed by atoms with E-state index in [0.717, 1.165) is 6.20 Å². The van der Waals surface area contributed by atoms with Gasteiger partial charge in [-0.15, -0.1) is 0 Å². The number of sulfonamides is 1. The maximum Gasteiger partial charge on any atom is 0.242 e. The summed E-state index contributed by atoms with van der Waals surface area (Å²) >= 11 is 11.4. The summed E-state index contributed by atoms with van der Waals surface area (Å²) in [5.74, 6) is 0.116. The van der Waals surface area contributed by atoms with Gasteiger partial charge in [-0.3, -0.25) is 0 Å². The molecular formula is C12H10Cl2N2O3S. The largest absolute Gasteiger partial charge is 0.508 e. The van der Waals surface area contributed by atoms with E-state index in [2.05, 4.69) is 9.71 Å². The van der Waals surface area contributed by atoms with Gasteiger partial charge >= 0.3 is 0 Å². The maximum atomic E-state index is 12.0. The smallest absolute Gasteiger partial charge is 0.242 e. The summed E-state index contributed by atoms with van der Waals surface area (Å²) in [6.07, 6.45) is 1.13. The molecule has 0 aliphatic heterocycles. The molecule has 0 aliphatic rings. The summed E-state index contributed by atoms with van der Waals surface area (Å²) in [7, 11) is -3.73. The number of nitrogens with one attached hydrogen (secondary N) is 1. The van der Waals surface area contributed by atoms with Crippen LogP contribution in [0.1, 0.15) is 5.56 Å². The minimum Gasteiger partial charge on any atom is -0.508 e. The van der Waals surface area contributed by atoms with E-state index in [1.807, 2.05) is 0 Å². The van der Waals surface area contributed by atoms with E-state index in [1.165, 1.54) is 18.2 Å². The van der Waals surface area contributed by atoms with Crippen LogP contribution in [0.5, 0.6) is 5.75 Å². The number of aromatic nitrogens is 1. The van der Waals surface area contributed by atoms with Gasteiger partial charge in [0.25, 0.3) is 0 Å². The lowest BCUT2D eigenvalue weighted by Gasteiger charge is -2.07. The van der Waals surface area contributed by atoms with Crippen molar-refractivity contribution in [3.8, 4) is 5.75 Å². The lowest BCUT2D eigenvalue weighted by atomic mass is 10.2. The topological polar surface area (TPSA) is 79.3 Å². The summed E-state index contributed by atoms with van der Waals surface area (Å²) in [6.45, 7) is 0.0862. The van der Waals surface area contributed by atoms with Gasteiger partial charge in [0.1, 0.15) is 15.8 Å². The second kappa shape index (κ2) is 5.97. The first kappa shape index (κ1) is 15.1. The molecule has 2 aromatic rings. The van der Waals surface area contributed by atoms with Crippen molar-refractivity contribution in [1.29, 1.82) is 0 Å². The van der Waals surface area contributed by atoms with Crippen LogP contribution in [0.2, 0.25) is 10.2 Å². The second-order valence-electron chi connectivity index (χ2n) is 3.93. The van der Waals surface area contributed by atoms with E-state index in [9.17, 15) is 8.42 Å². The molecule has 1 aromatic heterocycles. The van der Waals surface area contributed by atoms with Crippen molar-refractivity contribution in [2.45, 2.75) is 11.4 Å². The molecule has 0 aliphatic carbocycles. The summed E-state index contributed by atoms with van der Waals surface area (Å²) in [4.78, 5) is 3.63. The van der Waals surface area contributed by atoms with Crippen molar-refractivity contribution in [2.24, 2.45) is 0 Å². The van der Waals surface area contributed by atoms with Gasteiger partial charge < -0.3 is 5.11 Å². The Morgan fingerprint density at radius 3 is 2.45 bits per heavy atom. The average Bonchev–Trinajstić information content (AvgIpc) is 2.41.